The standard InChI is InChI=1S/C30H57N5O4/c1-8-25-35(28(37)39-30(5,6)7)26(34-27(36)38-29(2,3)4)33-24-20-16-12-11-15-19-23-32-22-18-14-10-9-13-17-21-31/h1,32H,9-25,31H2,2-7H3,(H,33,34,36). The Morgan fingerprint density at radius 1 is 0.795 bits per heavy atom. The van der Waals surface area contributed by atoms with Crippen LogP contribution in [0.5, 0.6) is 0 Å². The van der Waals surface area contributed by atoms with Gasteiger partial charge in [0.15, 0.2) is 0 Å². The summed E-state index contributed by atoms with van der Waals surface area (Å²) in [7, 11) is 0. The lowest BCUT2D eigenvalue weighted by atomic mass is 10.1. The molecule has 0 fully saturated rings. The molecule has 0 radical (unpaired) electrons. The highest BCUT2D eigenvalue weighted by Crippen LogP contribution is 2.12. The topological polar surface area (TPSA) is 118 Å². The maximum Gasteiger partial charge on any atom is 0.418 e. The Balaban J connectivity index is 4.45. The summed E-state index contributed by atoms with van der Waals surface area (Å²) in [4.78, 5) is 30.8. The van der Waals surface area contributed by atoms with Gasteiger partial charge in [-0.2, -0.15) is 0 Å². The van der Waals surface area contributed by atoms with Gasteiger partial charge in [-0.25, -0.2) is 14.5 Å². The van der Waals surface area contributed by atoms with E-state index < -0.39 is 23.4 Å². The van der Waals surface area contributed by atoms with Crippen molar-refractivity contribution >= 4 is 18.1 Å². The lowest BCUT2D eigenvalue weighted by Gasteiger charge is -2.27. The number of ether oxygens (including phenoxy) is 2. The van der Waals surface area contributed by atoms with Gasteiger partial charge in [-0.1, -0.05) is 57.3 Å². The first-order valence-corrected chi connectivity index (χ1v) is 14.8. The first-order chi connectivity index (χ1) is 18.4. The highest BCUT2D eigenvalue weighted by Gasteiger charge is 2.27. The number of carbonyl (C=O) groups excluding carboxylic acids is 2. The minimum absolute atomic E-state index is 0.0399. The molecule has 9 nitrogen and oxygen atoms in total. The van der Waals surface area contributed by atoms with Crippen LogP contribution in [-0.4, -0.2) is 67.0 Å². The summed E-state index contributed by atoms with van der Waals surface area (Å²) < 4.78 is 10.8. The van der Waals surface area contributed by atoms with Gasteiger partial charge >= 0.3 is 12.2 Å². The second kappa shape index (κ2) is 21.5. The number of nitrogens with two attached hydrogens (primary N) is 1. The Hall–Kier alpha value is -2.31. The molecule has 39 heavy (non-hydrogen) atoms. The average Bonchev–Trinajstić information content (AvgIpc) is 2.81. The number of guanidine groups is 1. The summed E-state index contributed by atoms with van der Waals surface area (Å²) >= 11 is 0. The minimum Gasteiger partial charge on any atom is -0.444 e. The molecule has 0 aromatic rings. The Labute approximate surface area is 238 Å². The summed E-state index contributed by atoms with van der Waals surface area (Å²) in [5.41, 5.74) is 4.10. The maximum atomic E-state index is 12.8. The van der Waals surface area contributed by atoms with Crippen molar-refractivity contribution in [2.75, 3.05) is 32.7 Å². The number of rotatable bonds is 18. The van der Waals surface area contributed by atoms with E-state index in [1.807, 2.05) is 0 Å². The average molecular weight is 552 g/mol. The summed E-state index contributed by atoms with van der Waals surface area (Å²) in [6, 6.07) is 0. The number of nitrogens with zero attached hydrogens (tertiary/aromatic N) is 2. The van der Waals surface area contributed by atoms with Gasteiger partial charge in [-0.05, 0) is 86.9 Å². The number of hydrogen-bond donors (Lipinski definition) is 3. The van der Waals surface area contributed by atoms with Gasteiger partial charge in [0.25, 0.3) is 0 Å². The van der Waals surface area contributed by atoms with E-state index in [-0.39, 0.29) is 12.5 Å². The summed E-state index contributed by atoms with van der Waals surface area (Å²) in [6.45, 7) is 13.9. The lowest BCUT2D eigenvalue weighted by molar-refractivity contribution is 0.0375. The van der Waals surface area contributed by atoms with Crippen molar-refractivity contribution in [1.82, 2.24) is 15.5 Å². The number of aliphatic imine (C=N–C) groups is 1. The van der Waals surface area contributed by atoms with E-state index in [0.29, 0.717) is 6.54 Å². The van der Waals surface area contributed by atoms with E-state index in [1.165, 1.54) is 51.4 Å². The van der Waals surface area contributed by atoms with Crippen LogP contribution in [0.15, 0.2) is 4.99 Å². The van der Waals surface area contributed by atoms with Crippen LogP contribution < -0.4 is 16.4 Å². The fourth-order valence-corrected chi connectivity index (χ4v) is 3.70. The highest BCUT2D eigenvalue weighted by atomic mass is 16.6. The summed E-state index contributed by atoms with van der Waals surface area (Å²) in [6.07, 6.45) is 18.2. The monoisotopic (exact) mass is 551 g/mol. The van der Waals surface area contributed by atoms with E-state index in [0.717, 1.165) is 50.2 Å². The molecule has 0 spiro atoms. The van der Waals surface area contributed by atoms with Gasteiger partial charge in [0, 0.05) is 6.54 Å². The molecule has 9 heteroatoms. The van der Waals surface area contributed by atoms with E-state index in [4.69, 9.17) is 21.6 Å². The highest BCUT2D eigenvalue weighted by molar-refractivity contribution is 6.01. The van der Waals surface area contributed by atoms with E-state index >= 15 is 0 Å². The van der Waals surface area contributed by atoms with Crippen LogP contribution in [0.4, 0.5) is 9.59 Å². The molecule has 0 bridgehead atoms. The number of terminal acetylenes is 1. The number of amides is 2. The third kappa shape index (κ3) is 23.3. The van der Waals surface area contributed by atoms with Crippen LogP contribution in [0.1, 0.15) is 119 Å². The van der Waals surface area contributed by atoms with Crippen molar-refractivity contribution in [3.8, 4) is 12.3 Å². The molecular formula is C30H57N5O4. The fourth-order valence-electron chi connectivity index (χ4n) is 3.70. The Kier molecular flexibility index (Phi) is 20.2. The Bertz CT molecular complexity index is 735. The molecule has 0 heterocycles. The molecule has 0 aliphatic rings. The number of hydrogen-bond acceptors (Lipinski definition) is 7. The van der Waals surface area contributed by atoms with Crippen molar-refractivity contribution < 1.29 is 19.1 Å². The van der Waals surface area contributed by atoms with Gasteiger partial charge in [-0.15, -0.1) is 6.42 Å². The molecule has 0 aromatic carbocycles. The SMILES string of the molecule is C#CCN(C(=O)OC(C)(C)C)C(=NCCCCCCCCNCCCCCCCCN)NC(=O)OC(C)(C)C. The van der Waals surface area contributed by atoms with Gasteiger partial charge in [-0.3, -0.25) is 10.3 Å². The molecule has 0 unspecified atom stereocenters. The van der Waals surface area contributed by atoms with Crippen molar-refractivity contribution in [3.05, 3.63) is 0 Å². The first-order valence-electron chi connectivity index (χ1n) is 14.8. The number of nitrogens with one attached hydrogen (secondary N) is 2. The number of carbonyl (C=O) groups is 2. The molecule has 0 saturated carbocycles. The Morgan fingerprint density at radius 3 is 1.77 bits per heavy atom. The van der Waals surface area contributed by atoms with Crippen molar-refractivity contribution in [3.63, 3.8) is 0 Å². The molecule has 0 atom stereocenters. The van der Waals surface area contributed by atoms with Gasteiger partial charge in [0.1, 0.15) is 11.2 Å². The zero-order valence-electron chi connectivity index (χ0n) is 25.7. The first kappa shape index (κ1) is 36.7. The zero-order valence-corrected chi connectivity index (χ0v) is 25.7. The number of unbranched alkanes of at least 4 members (excludes halogenated alkanes) is 10. The van der Waals surface area contributed by atoms with E-state index in [9.17, 15) is 9.59 Å². The molecule has 2 amide bonds. The Morgan fingerprint density at radius 2 is 1.28 bits per heavy atom. The second-order valence-corrected chi connectivity index (χ2v) is 11.9. The smallest absolute Gasteiger partial charge is 0.418 e. The summed E-state index contributed by atoms with van der Waals surface area (Å²) in [5, 5.41) is 6.13. The van der Waals surface area contributed by atoms with Gasteiger partial charge < -0.3 is 20.5 Å². The molecular weight excluding hydrogens is 494 g/mol. The predicted octanol–water partition coefficient (Wildman–Crippen LogP) is 5.97. The molecule has 0 rings (SSSR count). The van der Waals surface area contributed by atoms with E-state index in [1.54, 1.807) is 41.5 Å². The minimum atomic E-state index is -0.721. The van der Waals surface area contributed by atoms with Crippen LogP contribution in [0, 0.1) is 12.3 Å². The van der Waals surface area contributed by atoms with Crippen LogP contribution in [0.2, 0.25) is 0 Å². The largest absolute Gasteiger partial charge is 0.444 e. The van der Waals surface area contributed by atoms with Crippen molar-refractivity contribution in [2.24, 2.45) is 10.7 Å². The maximum absolute atomic E-state index is 12.8. The molecule has 4 N–H and O–H groups in total. The van der Waals surface area contributed by atoms with Crippen LogP contribution >= 0.6 is 0 Å². The van der Waals surface area contributed by atoms with Crippen LogP contribution in [0.3, 0.4) is 0 Å². The van der Waals surface area contributed by atoms with Gasteiger partial charge in [0.2, 0.25) is 5.96 Å². The molecule has 226 valence electrons. The van der Waals surface area contributed by atoms with Gasteiger partial charge in [0.05, 0.1) is 6.54 Å². The van der Waals surface area contributed by atoms with E-state index in [2.05, 4.69) is 21.5 Å². The van der Waals surface area contributed by atoms with Crippen molar-refractivity contribution in [1.29, 1.82) is 0 Å². The predicted molar refractivity (Wildman–Crippen MR) is 161 cm³/mol. The molecule has 0 aromatic heterocycles. The lowest BCUT2D eigenvalue weighted by Crippen LogP contribution is -2.50. The molecule has 0 aliphatic heterocycles. The molecule has 0 aliphatic carbocycles. The summed E-state index contributed by atoms with van der Waals surface area (Å²) in [5.74, 6) is 2.48. The van der Waals surface area contributed by atoms with Crippen LogP contribution in [-0.2, 0) is 9.47 Å². The van der Waals surface area contributed by atoms with Crippen LogP contribution in [0.25, 0.3) is 0 Å². The number of alkyl carbamates (subject to hydrolysis) is 1. The zero-order chi connectivity index (χ0) is 29.6. The van der Waals surface area contributed by atoms with Crippen molar-refractivity contribution in [2.45, 2.75) is 130 Å². The fraction of sp³-hybridized carbons (Fsp3) is 0.833. The third-order valence-electron chi connectivity index (χ3n) is 5.56. The quantitative estimate of drug-likeness (QED) is 0.0836. The second-order valence-electron chi connectivity index (χ2n) is 11.9. The molecule has 0 saturated heterocycles. The third-order valence-corrected chi connectivity index (χ3v) is 5.56. The normalized spacial score (nSPS) is 12.1.